The Balaban J connectivity index is 2.77. The molecule has 0 aliphatic carbocycles. The monoisotopic (exact) mass is 311 g/mol. The topological polar surface area (TPSA) is 46.6 Å². The quantitative estimate of drug-likeness (QED) is 0.598. The Kier molecular flexibility index (Phi) is 5.72. The van der Waals surface area contributed by atoms with Gasteiger partial charge < -0.3 is 9.64 Å². The molecule has 1 aromatic rings. The fraction of sp³-hybridized carbons (Fsp3) is 0.455. The van der Waals surface area contributed by atoms with Crippen LogP contribution < -0.4 is 4.74 Å². The zero-order chi connectivity index (χ0) is 13.8. The lowest BCUT2D eigenvalue weighted by Gasteiger charge is -2.12. The molecule has 1 rings (SSSR count). The zero-order valence-electron chi connectivity index (χ0n) is 10.2. The summed E-state index contributed by atoms with van der Waals surface area (Å²) >= 11 is 5.74. The van der Waals surface area contributed by atoms with Gasteiger partial charge in [0, 0.05) is 22.2 Å². The van der Waals surface area contributed by atoms with Gasteiger partial charge in [-0.1, -0.05) is 11.6 Å². The van der Waals surface area contributed by atoms with Crippen molar-refractivity contribution in [2.75, 3.05) is 27.2 Å². The molecule has 0 N–H and O–H groups in total. The van der Waals surface area contributed by atoms with Gasteiger partial charge in [-0.05, 0) is 38.7 Å². The summed E-state index contributed by atoms with van der Waals surface area (Å²) in [5.41, 5.74) is 0. The first-order valence-electron chi connectivity index (χ1n) is 5.32. The number of halogens is 2. The van der Waals surface area contributed by atoms with Gasteiger partial charge in [0.05, 0.1) is 6.61 Å². The van der Waals surface area contributed by atoms with E-state index in [1.165, 1.54) is 12.1 Å². The first-order chi connectivity index (χ1) is 8.30. The Labute approximate surface area is 117 Å². The molecule has 7 heteroatoms. The van der Waals surface area contributed by atoms with Gasteiger partial charge in [0.2, 0.25) is 0 Å². The van der Waals surface area contributed by atoms with Crippen LogP contribution >= 0.6 is 22.3 Å². The van der Waals surface area contributed by atoms with E-state index >= 15 is 0 Å². The maximum absolute atomic E-state index is 11.4. The van der Waals surface area contributed by atoms with E-state index in [0.717, 1.165) is 13.0 Å². The molecule has 0 radical (unpaired) electrons. The molecular weight excluding hydrogens is 297 g/mol. The minimum Gasteiger partial charge on any atom is -0.492 e. The molecule has 18 heavy (non-hydrogen) atoms. The molecule has 0 heterocycles. The second-order valence-electron chi connectivity index (χ2n) is 4.03. The second kappa shape index (κ2) is 6.61. The van der Waals surface area contributed by atoms with Crippen LogP contribution in [0.3, 0.4) is 0 Å². The van der Waals surface area contributed by atoms with Crippen LogP contribution in [0.5, 0.6) is 5.75 Å². The van der Waals surface area contributed by atoms with Gasteiger partial charge in [-0.3, -0.25) is 0 Å². The van der Waals surface area contributed by atoms with Crippen molar-refractivity contribution >= 4 is 31.3 Å². The lowest BCUT2D eigenvalue weighted by Crippen LogP contribution is -2.15. The minimum atomic E-state index is -3.86. The summed E-state index contributed by atoms with van der Waals surface area (Å²) < 4.78 is 28.2. The molecule has 4 nitrogen and oxygen atoms in total. The average Bonchev–Trinajstić information content (AvgIpc) is 2.24. The second-order valence-corrected chi connectivity index (χ2v) is 7.00. The fourth-order valence-electron chi connectivity index (χ4n) is 1.35. The molecule has 0 fully saturated rings. The lowest BCUT2D eigenvalue weighted by atomic mass is 10.3. The maximum atomic E-state index is 11.4. The normalized spacial score (nSPS) is 11.8. The number of ether oxygens (including phenoxy) is 1. The third-order valence-electron chi connectivity index (χ3n) is 2.18. The van der Waals surface area contributed by atoms with Crippen molar-refractivity contribution in [3.8, 4) is 5.75 Å². The van der Waals surface area contributed by atoms with Crippen LogP contribution in [-0.4, -0.2) is 40.6 Å². The van der Waals surface area contributed by atoms with Crippen molar-refractivity contribution in [1.29, 1.82) is 0 Å². The van der Waals surface area contributed by atoms with Crippen molar-refractivity contribution in [3.05, 3.63) is 23.2 Å². The maximum Gasteiger partial charge on any atom is 0.265 e. The Morgan fingerprint density at radius 2 is 2.00 bits per heavy atom. The standard InChI is InChI=1S/C11H15Cl2NO3S/c1-14(2)6-3-7-17-10-5-4-9(12)8-11(10)18(13,15)16/h4-5,8H,3,6-7H2,1-2H3. The fourth-order valence-corrected chi connectivity index (χ4v) is 2.59. The van der Waals surface area contributed by atoms with Gasteiger partial charge in [0.15, 0.2) is 0 Å². The van der Waals surface area contributed by atoms with Gasteiger partial charge in [-0.2, -0.15) is 0 Å². The number of hydrogen-bond donors (Lipinski definition) is 0. The van der Waals surface area contributed by atoms with Gasteiger partial charge in [0.25, 0.3) is 9.05 Å². The number of nitrogens with zero attached hydrogens (tertiary/aromatic N) is 1. The van der Waals surface area contributed by atoms with Gasteiger partial charge >= 0.3 is 0 Å². The van der Waals surface area contributed by atoms with E-state index in [9.17, 15) is 8.42 Å². The van der Waals surface area contributed by atoms with E-state index in [-0.39, 0.29) is 10.6 Å². The largest absolute Gasteiger partial charge is 0.492 e. The predicted octanol–water partition coefficient (Wildman–Crippen LogP) is 2.60. The summed E-state index contributed by atoms with van der Waals surface area (Å²) in [6.45, 7) is 1.27. The predicted molar refractivity (Wildman–Crippen MR) is 73.2 cm³/mol. The summed E-state index contributed by atoms with van der Waals surface area (Å²) in [6.07, 6.45) is 0.789. The van der Waals surface area contributed by atoms with Crippen molar-refractivity contribution in [2.45, 2.75) is 11.3 Å². The molecular formula is C11H15Cl2NO3S. The van der Waals surface area contributed by atoms with Crippen LogP contribution in [0.25, 0.3) is 0 Å². The Morgan fingerprint density at radius 1 is 1.33 bits per heavy atom. The van der Waals surface area contributed by atoms with E-state index in [2.05, 4.69) is 0 Å². The molecule has 0 saturated carbocycles. The molecule has 0 unspecified atom stereocenters. The third kappa shape index (κ3) is 5.02. The molecule has 0 bridgehead atoms. The Bertz CT molecular complexity index is 503. The van der Waals surface area contributed by atoms with Gasteiger partial charge in [-0.25, -0.2) is 8.42 Å². The summed E-state index contributed by atoms with van der Waals surface area (Å²) in [5.74, 6) is 0.230. The summed E-state index contributed by atoms with van der Waals surface area (Å²) in [7, 11) is 5.38. The first-order valence-corrected chi connectivity index (χ1v) is 8.01. The Hall–Kier alpha value is -0.490. The Morgan fingerprint density at radius 3 is 2.56 bits per heavy atom. The highest BCUT2D eigenvalue weighted by molar-refractivity contribution is 8.13. The van der Waals surface area contributed by atoms with E-state index in [0.29, 0.717) is 11.6 Å². The molecule has 102 valence electrons. The van der Waals surface area contributed by atoms with Crippen LogP contribution in [0, 0.1) is 0 Å². The van der Waals surface area contributed by atoms with Gasteiger partial charge in [0.1, 0.15) is 10.6 Å². The van der Waals surface area contributed by atoms with Crippen molar-refractivity contribution < 1.29 is 13.2 Å². The zero-order valence-corrected chi connectivity index (χ0v) is 12.5. The molecule has 0 spiro atoms. The smallest absolute Gasteiger partial charge is 0.265 e. The number of rotatable bonds is 6. The van der Waals surface area contributed by atoms with Crippen LogP contribution in [0.4, 0.5) is 0 Å². The van der Waals surface area contributed by atoms with Crippen molar-refractivity contribution in [2.24, 2.45) is 0 Å². The molecule has 0 saturated heterocycles. The molecule has 0 aromatic heterocycles. The van der Waals surface area contributed by atoms with Crippen LogP contribution in [0.1, 0.15) is 6.42 Å². The highest BCUT2D eigenvalue weighted by Gasteiger charge is 2.17. The van der Waals surface area contributed by atoms with Gasteiger partial charge in [-0.15, -0.1) is 0 Å². The third-order valence-corrected chi connectivity index (χ3v) is 3.75. The van der Waals surface area contributed by atoms with E-state index in [1.807, 2.05) is 19.0 Å². The number of benzene rings is 1. The highest BCUT2D eigenvalue weighted by Crippen LogP contribution is 2.29. The van der Waals surface area contributed by atoms with Crippen LogP contribution in [0.15, 0.2) is 23.1 Å². The lowest BCUT2D eigenvalue weighted by molar-refractivity contribution is 0.276. The summed E-state index contributed by atoms with van der Waals surface area (Å²) in [6, 6.07) is 4.35. The molecule has 0 aliphatic rings. The summed E-state index contributed by atoms with van der Waals surface area (Å²) in [4.78, 5) is 1.92. The highest BCUT2D eigenvalue weighted by atomic mass is 35.7. The molecule has 1 aromatic carbocycles. The van der Waals surface area contributed by atoms with Crippen LogP contribution in [-0.2, 0) is 9.05 Å². The first kappa shape index (κ1) is 15.6. The van der Waals surface area contributed by atoms with E-state index in [1.54, 1.807) is 6.07 Å². The minimum absolute atomic E-state index is 0.0958. The molecule has 0 aliphatic heterocycles. The van der Waals surface area contributed by atoms with Crippen LogP contribution in [0.2, 0.25) is 5.02 Å². The molecule has 0 atom stereocenters. The van der Waals surface area contributed by atoms with E-state index < -0.39 is 9.05 Å². The SMILES string of the molecule is CN(C)CCCOc1ccc(Cl)cc1S(=O)(=O)Cl. The van der Waals surface area contributed by atoms with Crippen molar-refractivity contribution in [1.82, 2.24) is 4.90 Å². The van der Waals surface area contributed by atoms with E-state index in [4.69, 9.17) is 27.0 Å². The average molecular weight is 312 g/mol. The number of hydrogen-bond acceptors (Lipinski definition) is 4. The van der Waals surface area contributed by atoms with Crippen molar-refractivity contribution in [3.63, 3.8) is 0 Å². The molecule has 0 amide bonds. The summed E-state index contributed by atoms with van der Waals surface area (Å²) in [5, 5.41) is 0.301.